The average Bonchev–Trinajstić information content (AvgIpc) is 2.67. The Morgan fingerprint density at radius 2 is 2.14 bits per heavy atom. The average molecular weight is 194 g/mol. The van der Waals surface area contributed by atoms with Crippen LogP contribution in [-0.4, -0.2) is 19.0 Å². The Balaban J connectivity index is 2.44. The maximum Gasteiger partial charge on any atom is 0.227 e. The molecule has 0 atom stereocenters. The topological polar surface area (TPSA) is 55.1 Å². The van der Waals surface area contributed by atoms with Crippen molar-refractivity contribution >= 4 is 5.91 Å². The quantitative estimate of drug-likeness (QED) is 0.510. The largest absolute Gasteiger partial charge is 0.355 e. The van der Waals surface area contributed by atoms with Crippen molar-refractivity contribution in [3.8, 4) is 12.3 Å². The van der Waals surface area contributed by atoms with Gasteiger partial charge in [-0.1, -0.05) is 12.8 Å². The molecule has 0 aromatic heterocycles. The molecular weight excluding hydrogens is 176 g/mol. The molecule has 3 heteroatoms. The molecule has 1 aliphatic carbocycles. The highest BCUT2D eigenvalue weighted by molar-refractivity contribution is 5.83. The molecular formula is C11H18N2O. The highest BCUT2D eigenvalue weighted by Gasteiger charge is 2.39. The van der Waals surface area contributed by atoms with E-state index in [0.29, 0.717) is 19.5 Å². The van der Waals surface area contributed by atoms with E-state index < -0.39 is 0 Å². The van der Waals surface area contributed by atoms with Crippen LogP contribution >= 0.6 is 0 Å². The van der Waals surface area contributed by atoms with E-state index in [1.807, 2.05) is 0 Å². The van der Waals surface area contributed by atoms with E-state index in [2.05, 4.69) is 11.2 Å². The van der Waals surface area contributed by atoms with Crippen molar-refractivity contribution in [3.05, 3.63) is 0 Å². The Hall–Kier alpha value is -1.01. The molecule has 1 saturated carbocycles. The number of hydrogen-bond acceptors (Lipinski definition) is 2. The summed E-state index contributed by atoms with van der Waals surface area (Å²) in [5.41, 5.74) is 5.38. The molecule has 0 saturated heterocycles. The first kappa shape index (κ1) is 11.1. The molecule has 78 valence electrons. The minimum atomic E-state index is -0.297. The molecule has 0 bridgehead atoms. The van der Waals surface area contributed by atoms with Gasteiger partial charge in [0.15, 0.2) is 0 Å². The molecule has 1 aliphatic rings. The van der Waals surface area contributed by atoms with Gasteiger partial charge in [-0.3, -0.25) is 4.79 Å². The van der Waals surface area contributed by atoms with Crippen LogP contribution in [-0.2, 0) is 4.79 Å². The number of carbonyl (C=O) groups is 1. The molecule has 1 fully saturated rings. The van der Waals surface area contributed by atoms with E-state index in [0.717, 1.165) is 25.7 Å². The zero-order chi connectivity index (χ0) is 10.4. The molecule has 0 unspecified atom stereocenters. The highest BCUT2D eigenvalue weighted by atomic mass is 16.2. The number of nitrogens with one attached hydrogen (secondary N) is 1. The third-order valence-corrected chi connectivity index (χ3v) is 2.99. The minimum Gasteiger partial charge on any atom is -0.355 e. The van der Waals surface area contributed by atoms with Gasteiger partial charge in [-0.15, -0.1) is 12.3 Å². The zero-order valence-corrected chi connectivity index (χ0v) is 8.51. The molecule has 1 rings (SSSR count). The summed E-state index contributed by atoms with van der Waals surface area (Å²) in [5, 5.41) is 2.86. The molecule has 1 amide bonds. The van der Waals surface area contributed by atoms with Gasteiger partial charge in [0.2, 0.25) is 5.91 Å². The lowest BCUT2D eigenvalue weighted by Gasteiger charge is -2.25. The highest BCUT2D eigenvalue weighted by Crippen LogP contribution is 2.37. The third kappa shape index (κ3) is 2.27. The molecule has 0 aromatic rings. The summed E-state index contributed by atoms with van der Waals surface area (Å²) in [5.74, 6) is 2.59. The van der Waals surface area contributed by atoms with E-state index in [1.54, 1.807) is 0 Å². The van der Waals surface area contributed by atoms with Crippen molar-refractivity contribution in [2.45, 2.75) is 32.1 Å². The maximum absolute atomic E-state index is 11.8. The fraction of sp³-hybridized carbons (Fsp3) is 0.727. The predicted molar refractivity (Wildman–Crippen MR) is 56.4 cm³/mol. The van der Waals surface area contributed by atoms with Crippen LogP contribution in [0, 0.1) is 17.8 Å². The first-order valence-corrected chi connectivity index (χ1v) is 5.17. The maximum atomic E-state index is 11.8. The minimum absolute atomic E-state index is 0.0905. The summed E-state index contributed by atoms with van der Waals surface area (Å²) in [6.45, 7) is 1.02. The number of rotatable bonds is 4. The number of amides is 1. The van der Waals surface area contributed by atoms with Gasteiger partial charge < -0.3 is 11.1 Å². The number of carbonyl (C=O) groups excluding carboxylic acids is 1. The number of terminal acetylenes is 1. The molecule has 0 aliphatic heterocycles. The Kier molecular flexibility index (Phi) is 3.97. The van der Waals surface area contributed by atoms with E-state index in [-0.39, 0.29) is 11.3 Å². The van der Waals surface area contributed by atoms with Crippen LogP contribution in [0.3, 0.4) is 0 Å². The summed E-state index contributed by atoms with van der Waals surface area (Å²) in [6, 6.07) is 0. The van der Waals surface area contributed by atoms with Gasteiger partial charge in [0.1, 0.15) is 0 Å². The second-order valence-electron chi connectivity index (χ2n) is 3.90. The van der Waals surface area contributed by atoms with Crippen LogP contribution in [0.25, 0.3) is 0 Å². The van der Waals surface area contributed by atoms with Gasteiger partial charge in [0.25, 0.3) is 0 Å². The lowest BCUT2D eigenvalue weighted by molar-refractivity contribution is -0.130. The second-order valence-corrected chi connectivity index (χ2v) is 3.90. The van der Waals surface area contributed by atoms with Crippen LogP contribution in [0.4, 0.5) is 0 Å². The summed E-state index contributed by atoms with van der Waals surface area (Å²) < 4.78 is 0. The molecule has 0 aromatic carbocycles. The van der Waals surface area contributed by atoms with E-state index in [9.17, 15) is 4.79 Å². The molecule has 14 heavy (non-hydrogen) atoms. The third-order valence-electron chi connectivity index (χ3n) is 2.99. The lowest BCUT2D eigenvalue weighted by Crippen LogP contribution is -2.44. The van der Waals surface area contributed by atoms with Crippen molar-refractivity contribution in [1.82, 2.24) is 5.32 Å². The fourth-order valence-electron chi connectivity index (χ4n) is 2.01. The van der Waals surface area contributed by atoms with Gasteiger partial charge in [-0.2, -0.15) is 0 Å². The Morgan fingerprint density at radius 1 is 1.50 bits per heavy atom. The van der Waals surface area contributed by atoms with Gasteiger partial charge in [-0.05, 0) is 12.8 Å². The second kappa shape index (κ2) is 5.02. The van der Waals surface area contributed by atoms with Crippen LogP contribution < -0.4 is 11.1 Å². The summed E-state index contributed by atoms with van der Waals surface area (Å²) >= 11 is 0. The van der Waals surface area contributed by atoms with Gasteiger partial charge >= 0.3 is 0 Å². The molecule has 0 spiro atoms. The first-order chi connectivity index (χ1) is 6.75. The summed E-state index contributed by atoms with van der Waals surface area (Å²) in [6.07, 6.45) is 9.76. The van der Waals surface area contributed by atoms with E-state index in [1.165, 1.54) is 0 Å². The monoisotopic (exact) mass is 194 g/mol. The fourth-order valence-corrected chi connectivity index (χ4v) is 2.01. The predicted octanol–water partition coefficient (Wildman–Crippen LogP) is 0.645. The zero-order valence-electron chi connectivity index (χ0n) is 8.51. The molecule has 0 heterocycles. The molecule has 3 N–H and O–H groups in total. The summed E-state index contributed by atoms with van der Waals surface area (Å²) in [7, 11) is 0. The van der Waals surface area contributed by atoms with Crippen LogP contribution in [0.2, 0.25) is 0 Å². The first-order valence-electron chi connectivity index (χ1n) is 5.17. The SMILES string of the molecule is C#CCCNC(=O)C1(CN)CCCC1. The number of nitrogens with two attached hydrogens (primary N) is 1. The van der Waals surface area contributed by atoms with Crippen molar-refractivity contribution in [2.75, 3.05) is 13.1 Å². The Bertz CT molecular complexity index is 236. The Labute approximate surface area is 85.4 Å². The van der Waals surface area contributed by atoms with Crippen molar-refractivity contribution < 1.29 is 4.79 Å². The lowest BCUT2D eigenvalue weighted by atomic mass is 9.85. The van der Waals surface area contributed by atoms with Crippen LogP contribution in [0.5, 0.6) is 0 Å². The smallest absolute Gasteiger partial charge is 0.227 e. The van der Waals surface area contributed by atoms with E-state index in [4.69, 9.17) is 12.2 Å². The van der Waals surface area contributed by atoms with Gasteiger partial charge in [0.05, 0.1) is 5.41 Å². The number of hydrogen-bond donors (Lipinski definition) is 2. The van der Waals surface area contributed by atoms with Crippen molar-refractivity contribution in [1.29, 1.82) is 0 Å². The summed E-state index contributed by atoms with van der Waals surface area (Å²) in [4.78, 5) is 11.8. The van der Waals surface area contributed by atoms with Gasteiger partial charge in [0, 0.05) is 19.5 Å². The van der Waals surface area contributed by atoms with Gasteiger partial charge in [-0.25, -0.2) is 0 Å². The van der Waals surface area contributed by atoms with Crippen LogP contribution in [0.15, 0.2) is 0 Å². The van der Waals surface area contributed by atoms with Crippen LogP contribution in [0.1, 0.15) is 32.1 Å². The van der Waals surface area contributed by atoms with Crippen molar-refractivity contribution in [2.24, 2.45) is 11.1 Å². The molecule has 0 radical (unpaired) electrons. The van der Waals surface area contributed by atoms with Crippen molar-refractivity contribution in [3.63, 3.8) is 0 Å². The molecule has 3 nitrogen and oxygen atoms in total. The van der Waals surface area contributed by atoms with E-state index >= 15 is 0 Å². The Morgan fingerprint density at radius 3 is 2.64 bits per heavy atom. The normalized spacial score (nSPS) is 18.9. The standard InChI is InChI=1S/C11H18N2O/c1-2-3-8-13-10(14)11(9-12)6-4-5-7-11/h1H,3-9,12H2,(H,13,14).